The maximum absolute atomic E-state index is 12.2. The standard InChI is InChI=1S/C18H17N7O2/c19-8-16-21-11-25(23-16)10-17(26)22-13-4-6-24(9-13)14-2-1-12-3-5-20-18(27)15(12)7-14/h1-3,5,7,11,13H,4,6,9-10H2,(H,20,27)(H,22,26)/t13-/m0/s1. The first-order valence-electron chi connectivity index (χ1n) is 8.58. The number of nitriles is 1. The van der Waals surface area contributed by atoms with Crippen LogP contribution in [0.1, 0.15) is 12.2 Å². The van der Waals surface area contributed by atoms with Crippen LogP contribution in [0, 0.1) is 11.3 Å². The molecule has 1 fully saturated rings. The van der Waals surface area contributed by atoms with Crippen LogP contribution in [-0.4, -0.2) is 44.8 Å². The lowest BCUT2D eigenvalue weighted by atomic mass is 10.1. The fraction of sp³-hybridized carbons (Fsp3) is 0.278. The van der Waals surface area contributed by atoms with Gasteiger partial charge in [0.05, 0.1) is 0 Å². The van der Waals surface area contributed by atoms with Gasteiger partial charge in [0.25, 0.3) is 11.4 Å². The number of nitrogens with one attached hydrogen (secondary N) is 2. The average Bonchev–Trinajstić information content (AvgIpc) is 3.31. The van der Waals surface area contributed by atoms with E-state index in [0.29, 0.717) is 11.9 Å². The molecule has 0 radical (unpaired) electrons. The van der Waals surface area contributed by atoms with E-state index in [-0.39, 0.29) is 29.9 Å². The lowest BCUT2D eigenvalue weighted by Crippen LogP contribution is -2.39. The van der Waals surface area contributed by atoms with Gasteiger partial charge in [0.1, 0.15) is 18.9 Å². The molecular weight excluding hydrogens is 346 g/mol. The highest BCUT2D eigenvalue weighted by Crippen LogP contribution is 2.23. The molecule has 1 aliphatic rings. The van der Waals surface area contributed by atoms with Gasteiger partial charge in [0.15, 0.2) is 0 Å². The molecule has 1 atom stereocenters. The highest BCUT2D eigenvalue weighted by atomic mass is 16.2. The van der Waals surface area contributed by atoms with Crippen molar-refractivity contribution in [2.75, 3.05) is 18.0 Å². The fourth-order valence-electron chi connectivity index (χ4n) is 3.32. The summed E-state index contributed by atoms with van der Waals surface area (Å²) in [6.45, 7) is 1.49. The van der Waals surface area contributed by atoms with Gasteiger partial charge in [-0.15, -0.1) is 5.10 Å². The van der Waals surface area contributed by atoms with Crippen LogP contribution >= 0.6 is 0 Å². The van der Waals surface area contributed by atoms with E-state index < -0.39 is 0 Å². The third-order valence-electron chi connectivity index (χ3n) is 4.62. The number of rotatable bonds is 4. The monoisotopic (exact) mass is 363 g/mol. The average molecular weight is 363 g/mol. The molecule has 0 spiro atoms. The molecule has 2 N–H and O–H groups in total. The summed E-state index contributed by atoms with van der Waals surface area (Å²) in [6, 6.07) is 9.52. The van der Waals surface area contributed by atoms with Gasteiger partial charge in [-0.25, -0.2) is 9.67 Å². The quantitative estimate of drug-likeness (QED) is 0.692. The molecule has 9 nitrogen and oxygen atoms in total. The Balaban J connectivity index is 1.40. The Morgan fingerprint density at radius 3 is 3.11 bits per heavy atom. The largest absolute Gasteiger partial charge is 0.369 e. The van der Waals surface area contributed by atoms with E-state index in [2.05, 4.69) is 25.3 Å². The first-order valence-corrected chi connectivity index (χ1v) is 8.58. The lowest BCUT2D eigenvalue weighted by molar-refractivity contribution is -0.122. The molecule has 0 bridgehead atoms. The van der Waals surface area contributed by atoms with Gasteiger partial charge in [-0.1, -0.05) is 6.07 Å². The van der Waals surface area contributed by atoms with E-state index in [9.17, 15) is 9.59 Å². The minimum Gasteiger partial charge on any atom is -0.369 e. The van der Waals surface area contributed by atoms with Crippen LogP contribution in [0.4, 0.5) is 5.69 Å². The van der Waals surface area contributed by atoms with Crippen LogP contribution in [0.3, 0.4) is 0 Å². The SMILES string of the molecule is N#Cc1ncn(CC(=O)N[C@H]2CCN(c3ccc4cc[nH]c(=O)c4c3)C2)n1. The maximum Gasteiger partial charge on any atom is 0.255 e. The van der Waals surface area contributed by atoms with Gasteiger partial charge in [-0.3, -0.25) is 9.59 Å². The minimum atomic E-state index is -0.175. The van der Waals surface area contributed by atoms with Crippen LogP contribution in [0.2, 0.25) is 0 Å². The summed E-state index contributed by atoms with van der Waals surface area (Å²) in [7, 11) is 0. The highest BCUT2D eigenvalue weighted by Gasteiger charge is 2.24. The predicted octanol–water partition coefficient (Wildman–Crippen LogP) is 0.386. The number of hydrogen-bond acceptors (Lipinski definition) is 6. The number of benzene rings is 1. The van der Waals surface area contributed by atoms with Crippen molar-refractivity contribution in [3.8, 4) is 6.07 Å². The summed E-state index contributed by atoms with van der Waals surface area (Å²) in [6.07, 6.45) is 3.82. The number of hydrogen-bond donors (Lipinski definition) is 2. The number of H-pyrrole nitrogens is 1. The van der Waals surface area contributed by atoms with E-state index in [0.717, 1.165) is 24.0 Å². The van der Waals surface area contributed by atoms with Gasteiger partial charge >= 0.3 is 0 Å². The van der Waals surface area contributed by atoms with Gasteiger partial charge in [-0.05, 0) is 30.0 Å². The van der Waals surface area contributed by atoms with Gasteiger partial charge in [0, 0.05) is 36.4 Å². The molecule has 27 heavy (non-hydrogen) atoms. The fourth-order valence-corrected chi connectivity index (χ4v) is 3.32. The van der Waals surface area contributed by atoms with Crippen molar-refractivity contribution in [2.24, 2.45) is 0 Å². The van der Waals surface area contributed by atoms with Crippen LogP contribution in [0.5, 0.6) is 0 Å². The van der Waals surface area contributed by atoms with E-state index >= 15 is 0 Å². The molecule has 1 aliphatic heterocycles. The number of fused-ring (bicyclic) bond motifs is 1. The summed E-state index contributed by atoms with van der Waals surface area (Å²) in [5.74, 6) is -0.132. The molecule has 4 rings (SSSR count). The van der Waals surface area contributed by atoms with Crippen molar-refractivity contribution >= 4 is 22.4 Å². The number of pyridine rings is 1. The van der Waals surface area contributed by atoms with Crippen LogP contribution in [-0.2, 0) is 11.3 Å². The molecule has 0 saturated carbocycles. The number of aromatic nitrogens is 4. The van der Waals surface area contributed by atoms with Crippen LogP contribution in [0.15, 0.2) is 41.6 Å². The van der Waals surface area contributed by atoms with Gasteiger partial charge in [-0.2, -0.15) is 5.26 Å². The van der Waals surface area contributed by atoms with Crippen molar-refractivity contribution in [2.45, 2.75) is 19.0 Å². The number of anilines is 1. The summed E-state index contributed by atoms with van der Waals surface area (Å²) in [5, 5.41) is 17.1. The lowest BCUT2D eigenvalue weighted by Gasteiger charge is -2.19. The summed E-state index contributed by atoms with van der Waals surface area (Å²) >= 11 is 0. The molecule has 0 aliphatic carbocycles. The zero-order valence-corrected chi connectivity index (χ0v) is 14.4. The second-order valence-corrected chi connectivity index (χ2v) is 6.46. The van der Waals surface area contributed by atoms with Crippen LogP contribution < -0.4 is 15.8 Å². The van der Waals surface area contributed by atoms with Crippen molar-refractivity contribution in [3.63, 3.8) is 0 Å². The smallest absolute Gasteiger partial charge is 0.255 e. The Hall–Kier alpha value is -3.67. The summed E-state index contributed by atoms with van der Waals surface area (Å²) in [5.41, 5.74) is 0.855. The molecule has 1 saturated heterocycles. The van der Waals surface area contributed by atoms with Gasteiger partial charge in [0.2, 0.25) is 5.91 Å². The van der Waals surface area contributed by atoms with Crippen molar-refractivity contribution in [1.82, 2.24) is 25.1 Å². The Morgan fingerprint density at radius 1 is 1.41 bits per heavy atom. The predicted molar refractivity (Wildman–Crippen MR) is 98.1 cm³/mol. The number of amides is 1. The Kier molecular flexibility index (Phi) is 4.30. The second kappa shape index (κ2) is 6.92. The summed E-state index contributed by atoms with van der Waals surface area (Å²) < 4.78 is 1.34. The molecule has 0 unspecified atom stereocenters. The number of carbonyl (C=O) groups is 1. The molecule has 2 aromatic heterocycles. The van der Waals surface area contributed by atoms with E-state index in [4.69, 9.17) is 5.26 Å². The number of carbonyl (C=O) groups excluding carboxylic acids is 1. The topological polar surface area (TPSA) is 120 Å². The van der Waals surface area contributed by atoms with Crippen molar-refractivity contribution < 1.29 is 4.79 Å². The molecule has 3 heterocycles. The Morgan fingerprint density at radius 2 is 2.30 bits per heavy atom. The highest BCUT2D eigenvalue weighted by molar-refractivity contribution is 5.85. The molecule has 3 aromatic rings. The zero-order valence-electron chi connectivity index (χ0n) is 14.4. The van der Waals surface area contributed by atoms with Crippen molar-refractivity contribution in [3.05, 3.63) is 53.0 Å². The maximum atomic E-state index is 12.2. The third kappa shape index (κ3) is 3.50. The van der Waals surface area contributed by atoms with E-state index in [1.165, 1.54) is 11.0 Å². The van der Waals surface area contributed by atoms with E-state index in [1.807, 2.05) is 30.3 Å². The molecular formula is C18H17N7O2. The molecule has 1 amide bonds. The van der Waals surface area contributed by atoms with Gasteiger partial charge < -0.3 is 15.2 Å². The van der Waals surface area contributed by atoms with E-state index in [1.54, 1.807) is 6.20 Å². The van der Waals surface area contributed by atoms with Crippen molar-refractivity contribution in [1.29, 1.82) is 5.26 Å². The first-order chi connectivity index (χ1) is 13.1. The number of aromatic amines is 1. The Bertz CT molecular complexity index is 1090. The third-order valence-corrected chi connectivity index (χ3v) is 4.62. The molecule has 136 valence electrons. The Labute approximate surface area is 154 Å². The summed E-state index contributed by atoms with van der Waals surface area (Å²) in [4.78, 5) is 32.8. The normalized spacial score (nSPS) is 16.4. The first kappa shape index (κ1) is 16.8. The minimum absolute atomic E-state index is 0.0150. The molecule has 1 aromatic carbocycles. The van der Waals surface area contributed by atoms with Crippen LogP contribution in [0.25, 0.3) is 10.8 Å². The second-order valence-electron chi connectivity index (χ2n) is 6.46. The molecule has 9 heteroatoms. The number of nitrogens with zero attached hydrogens (tertiary/aromatic N) is 5. The zero-order chi connectivity index (χ0) is 18.8.